The summed E-state index contributed by atoms with van der Waals surface area (Å²) in [5.41, 5.74) is 6.81. The van der Waals surface area contributed by atoms with Crippen molar-refractivity contribution in [3.8, 4) is 0 Å². The second-order valence-electron chi connectivity index (χ2n) is 24.0. The van der Waals surface area contributed by atoms with Crippen molar-refractivity contribution in [3.05, 3.63) is 269 Å². The number of hydrogen-bond acceptors (Lipinski definition) is 16. The van der Waals surface area contributed by atoms with E-state index in [4.69, 9.17) is 14.2 Å². The fraction of sp³-hybridized carbons (Fsp3) is 0.333. The molecule has 0 spiro atoms. The van der Waals surface area contributed by atoms with E-state index in [9.17, 15) is 49.6 Å². The number of carboxylic acids is 1. The van der Waals surface area contributed by atoms with Gasteiger partial charge >= 0.3 is 23.9 Å². The van der Waals surface area contributed by atoms with Crippen LogP contribution in [0.3, 0.4) is 0 Å². The molecule has 2 saturated heterocycles. The van der Waals surface area contributed by atoms with Crippen LogP contribution < -0.4 is 10.6 Å². The van der Waals surface area contributed by atoms with E-state index < -0.39 is 56.8 Å². The van der Waals surface area contributed by atoms with Gasteiger partial charge in [0.25, 0.3) is 11.4 Å². The number of carbonyl (C=O) groups excluding carboxylic acids is 3. The van der Waals surface area contributed by atoms with Crippen molar-refractivity contribution in [3.63, 3.8) is 0 Å². The van der Waals surface area contributed by atoms with Crippen LogP contribution in [0.15, 0.2) is 215 Å². The van der Waals surface area contributed by atoms with Gasteiger partial charge in [-0.1, -0.05) is 146 Å². The Hall–Kier alpha value is -9.56. The molecule has 4 aliphatic rings. The number of benzene rings is 6. The van der Waals surface area contributed by atoms with Crippen LogP contribution in [0.4, 0.5) is 11.4 Å². The Labute approximate surface area is 531 Å². The first-order chi connectivity index (χ1) is 43.5. The number of carboxylic acid groups (broad SMARTS) is 1. The maximum absolute atomic E-state index is 14.0. The fourth-order valence-electron chi connectivity index (χ4n) is 12.8. The average molecular weight is 1240 g/mol. The maximum atomic E-state index is 14.0. The standard InChI is InChI=1S/C36H39N3O6.C20H25NO.C16H16N2O6/c1-24-31(34(40)44-4)33(28-16-11-17-29(22-28)39(42)43)32(25(2)37-24)35(41)45-36(3)19-21-38(23-36)20-18-30(26-12-7-5-8-13-26)27-14-9-6-10-15-27;1-20(22)13-15-21(16-20)14-12-19(17-8-4-2-5-9-17)18-10-6-3-7-11-18;1-8-12(15(19)20)14(13(9(2)17-8)16(21)24-3)10-5-4-6-11(7-10)18(22)23/h5-17,22,30,33,37H,18-21,23H2,1-4H3;2-11,19,22H,12-16H2,1H3;4-7,14,17H,1-3H3,(H,19,20)/t33-,36-;20-;14-/m011/s1. The number of dihydropyridines is 2. The number of nitrogens with zero attached hydrogens (tertiary/aromatic N) is 4. The minimum atomic E-state index is -1.22. The van der Waals surface area contributed by atoms with Crippen LogP contribution in [0.25, 0.3) is 0 Å². The number of nitro groups is 2. The molecule has 91 heavy (non-hydrogen) atoms. The Morgan fingerprint density at radius 3 is 1.23 bits per heavy atom. The van der Waals surface area contributed by atoms with Gasteiger partial charge in [0, 0.05) is 91.5 Å². The zero-order valence-electron chi connectivity index (χ0n) is 52.7. The van der Waals surface area contributed by atoms with Crippen molar-refractivity contribution in [2.45, 2.75) is 102 Å². The Morgan fingerprint density at radius 1 is 0.527 bits per heavy atom. The predicted molar refractivity (Wildman–Crippen MR) is 346 cm³/mol. The summed E-state index contributed by atoms with van der Waals surface area (Å²) in [5.74, 6) is -4.30. The molecule has 476 valence electrons. The van der Waals surface area contributed by atoms with Crippen molar-refractivity contribution < 1.29 is 53.4 Å². The number of methoxy groups -OCH3 is 2. The normalized spacial score (nSPS) is 20.0. The number of hydrogen-bond donors (Lipinski definition) is 4. The zero-order chi connectivity index (χ0) is 65.6. The van der Waals surface area contributed by atoms with Gasteiger partial charge in [-0.15, -0.1) is 0 Å². The number of carbonyl (C=O) groups is 4. The number of β-amino-alcohol motifs (C(OH)–C–C–N with tert-alkyl or cyclic N) is 1. The van der Waals surface area contributed by atoms with Crippen LogP contribution in [0.1, 0.15) is 124 Å². The zero-order valence-corrected chi connectivity index (χ0v) is 52.7. The molecule has 0 saturated carbocycles. The summed E-state index contributed by atoms with van der Waals surface area (Å²) in [7, 11) is 2.46. The number of aliphatic hydroxyl groups is 1. The second kappa shape index (κ2) is 30.3. The molecule has 19 heteroatoms. The van der Waals surface area contributed by atoms with Crippen LogP contribution >= 0.6 is 0 Å². The molecule has 6 aromatic rings. The highest BCUT2D eigenvalue weighted by molar-refractivity contribution is 6.00. The third kappa shape index (κ3) is 16.8. The first-order valence-corrected chi connectivity index (χ1v) is 30.4. The lowest BCUT2D eigenvalue weighted by molar-refractivity contribution is -0.385. The lowest BCUT2D eigenvalue weighted by Gasteiger charge is -2.33. The van der Waals surface area contributed by atoms with Gasteiger partial charge in [-0.2, -0.15) is 0 Å². The van der Waals surface area contributed by atoms with E-state index in [2.05, 4.69) is 130 Å². The summed E-state index contributed by atoms with van der Waals surface area (Å²) < 4.78 is 16.1. The van der Waals surface area contributed by atoms with Crippen LogP contribution in [-0.4, -0.2) is 118 Å². The van der Waals surface area contributed by atoms with Crippen LogP contribution in [0.5, 0.6) is 0 Å². The second-order valence-corrected chi connectivity index (χ2v) is 24.0. The summed E-state index contributed by atoms with van der Waals surface area (Å²) >= 11 is 0. The molecule has 0 radical (unpaired) electrons. The molecule has 6 aromatic carbocycles. The first kappa shape index (κ1) is 67.4. The number of non-ortho nitro benzene ring substituents is 2. The Balaban J connectivity index is 0.000000194. The van der Waals surface area contributed by atoms with Gasteiger partial charge in [0.15, 0.2) is 0 Å². The molecule has 4 aliphatic heterocycles. The average Bonchev–Trinajstić information content (AvgIpc) is 1.20. The number of esters is 3. The van der Waals surface area contributed by atoms with Crippen molar-refractivity contribution in [2.24, 2.45) is 0 Å². The smallest absolute Gasteiger partial charge is 0.337 e. The highest BCUT2D eigenvalue weighted by Crippen LogP contribution is 2.43. The third-order valence-corrected chi connectivity index (χ3v) is 17.3. The fourth-order valence-corrected chi connectivity index (χ4v) is 12.8. The molecule has 19 nitrogen and oxygen atoms in total. The summed E-state index contributed by atoms with van der Waals surface area (Å²) in [4.78, 5) is 77.2. The number of rotatable bonds is 19. The largest absolute Gasteiger partial charge is 0.478 e. The lowest BCUT2D eigenvalue weighted by Crippen LogP contribution is -2.39. The predicted octanol–water partition coefficient (Wildman–Crippen LogP) is 12.0. The SMILES string of the molecule is COC(=O)C1=C(C)NC(C)=C(C(=O)O)[C@H]1c1cccc([N+](=O)[O-])c1.COC(=O)C1=C(C)NC(C)=C(C(=O)O[C@@]2(C)CCN(CCC(c3ccccc3)c3ccccc3)C2)[C@H]1c1cccc([N+](=O)[O-])c1.C[C@@]1(O)CCN(CCC(c2ccccc2)c2ccccc2)C1. The van der Waals surface area contributed by atoms with Gasteiger partial charge in [-0.3, -0.25) is 25.1 Å². The Bertz CT molecular complexity index is 3660. The third-order valence-electron chi connectivity index (χ3n) is 17.3. The van der Waals surface area contributed by atoms with E-state index in [1.807, 2.05) is 26.0 Å². The lowest BCUT2D eigenvalue weighted by atomic mass is 9.80. The Kier molecular flexibility index (Phi) is 22.4. The van der Waals surface area contributed by atoms with Crippen molar-refractivity contribution >= 4 is 35.3 Å². The molecule has 0 bridgehead atoms. The summed E-state index contributed by atoms with van der Waals surface area (Å²) in [6.07, 6.45) is 3.53. The molecule has 0 aliphatic carbocycles. The van der Waals surface area contributed by atoms with Crippen molar-refractivity contribution in [1.82, 2.24) is 20.4 Å². The van der Waals surface area contributed by atoms with Gasteiger partial charge < -0.3 is 40.0 Å². The highest BCUT2D eigenvalue weighted by Gasteiger charge is 2.44. The summed E-state index contributed by atoms with van der Waals surface area (Å²) in [6, 6.07) is 54.0. The number of allylic oxidation sites excluding steroid dienone is 4. The first-order valence-electron chi connectivity index (χ1n) is 30.4. The van der Waals surface area contributed by atoms with E-state index in [1.165, 1.54) is 66.8 Å². The van der Waals surface area contributed by atoms with Gasteiger partial charge in [-0.05, 0) is 107 Å². The van der Waals surface area contributed by atoms with E-state index in [0.29, 0.717) is 52.8 Å². The minimum absolute atomic E-state index is 0.0542. The number of ether oxygens (including phenoxy) is 3. The molecule has 4 heterocycles. The van der Waals surface area contributed by atoms with Crippen LogP contribution in [0.2, 0.25) is 0 Å². The van der Waals surface area contributed by atoms with E-state index in [-0.39, 0.29) is 39.6 Å². The number of nitro benzene ring substituents is 2. The Morgan fingerprint density at radius 2 is 0.879 bits per heavy atom. The molecule has 4 atom stereocenters. The van der Waals surface area contributed by atoms with Crippen LogP contribution in [-0.2, 0) is 33.4 Å². The van der Waals surface area contributed by atoms with Gasteiger partial charge in [0.05, 0.1) is 63.8 Å². The number of aliphatic carboxylic acids is 1. The molecular weight excluding hydrogens is 1160 g/mol. The van der Waals surface area contributed by atoms with Gasteiger partial charge in [0.2, 0.25) is 0 Å². The van der Waals surface area contributed by atoms with Gasteiger partial charge in [0.1, 0.15) is 5.60 Å². The van der Waals surface area contributed by atoms with E-state index in [0.717, 1.165) is 52.0 Å². The molecule has 4 N–H and O–H groups in total. The summed E-state index contributed by atoms with van der Waals surface area (Å²) in [5, 5.41) is 48.3. The molecule has 0 amide bonds. The topological polar surface area (TPSA) is 253 Å². The molecule has 0 aromatic heterocycles. The monoisotopic (exact) mass is 1240 g/mol. The van der Waals surface area contributed by atoms with Crippen molar-refractivity contribution in [1.29, 1.82) is 0 Å². The molecular formula is C72H80N6O13. The minimum Gasteiger partial charge on any atom is -0.478 e. The van der Waals surface area contributed by atoms with E-state index >= 15 is 0 Å². The molecule has 2 fully saturated rings. The number of likely N-dealkylation sites (tertiary alicyclic amines) is 2. The van der Waals surface area contributed by atoms with E-state index in [1.54, 1.807) is 45.9 Å². The number of nitrogens with one attached hydrogen (secondary N) is 2. The molecule has 0 unspecified atom stereocenters. The highest BCUT2D eigenvalue weighted by atomic mass is 16.6. The maximum Gasteiger partial charge on any atom is 0.337 e. The summed E-state index contributed by atoms with van der Waals surface area (Å²) in [6.45, 7) is 15.5. The van der Waals surface area contributed by atoms with Crippen molar-refractivity contribution in [2.75, 3.05) is 53.5 Å². The van der Waals surface area contributed by atoms with Gasteiger partial charge in [-0.25, -0.2) is 19.2 Å². The van der Waals surface area contributed by atoms with Crippen LogP contribution in [0, 0.1) is 20.2 Å². The quantitative estimate of drug-likeness (QED) is 0.0254. The molecule has 10 rings (SSSR count).